The van der Waals surface area contributed by atoms with Gasteiger partial charge in [0.25, 0.3) is 0 Å². The van der Waals surface area contributed by atoms with Gasteiger partial charge < -0.3 is 18.9 Å². The number of allylic oxidation sites excluding steroid dienone is 1. The van der Waals surface area contributed by atoms with Crippen molar-refractivity contribution in [2.24, 2.45) is 0 Å². The van der Waals surface area contributed by atoms with E-state index in [1.54, 1.807) is 36.4 Å². The largest absolute Gasteiger partial charge is 0.489 e. The van der Waals surface area contributed by atoms with Crippen LogP contribution in [0.4, 0.5) is 0 Å². The standard InChI is InChI=1S/C43H33IO6/c44-41-39(48-29-33-15-7-2-8-16-33)27-38(50-43(46)35-19-11-4-12-20-35)40(42(41)49-30-34-17-9-3-10-18-34)37(45)26-23-31-21-24-36(25-22-31)47-28-32-13-5-1-6-14-32/h1-27H,28-30H2/b26-23+. The molecule has 0 saturated carbocycles. The number of benzene rings is 6. The Morgan fingerprint density at radius 2 is 1.06 bits per heavy atom. The first-order valence-electron chi connectivity index (χ1n) is 16.0. The molecule has 6 aromatic carbocycles. The highest BCUT2D eigenvalue weighted by atomic mass is 127. The zero-order valence-corrected chi connectivity index (χ0v) is 29.2. The van der Waals surface area contributed by atoms with Crippen LogP contribution < -0.4 is 18.9 Å². The molecule has 50 heavy (non-hydrogen) atoms. The Balaban J connectivity index is 1.32. The van der Waals surface area contributed by atoms with Crippen molar-refractivity contribution in [3.05, 3.63) is 195 Å². The Kier molecular flexibility index (Phi) is 11.7. The van der Waals surface area contributed by atoms with Crippen molar-refractivity contribution < 1.29 is 28.5 Å². The maximum absolute atomic E-state index is 14.1. The lowest BCUT2D eigenvalue weighted by atomic mass is 10.1. The third-order valence-electron chi connectivity index (χ3n) is 7.63. The van der Waals surface area contributed by atoms with Crippen LogP contribution in [0.2, 0.25) is 0 Å². The fraction of sp³-hybridized carbons (Fsp3) is 0.0698. The fourth-order valence-electron chi connectivity index (χ4n) is 5.01. The van der Waals surface area contributed by atoms with Gasteiger partial charge in [0.1, 0.15) is 42.6 Å². The summed E-state index contributed by atoms with van der Waals surface area (Å²) in [7, 11) is 0. The second kappa shape index (κ2) is 17.1. The zero-order valence-electron chi connectivity index (χ0n) is 27.0. The van der Waals surface area contributed by atoms with Crippen LogP contribution in [0.3, 0.4) is 0 Å². The first kappa shape index (κ1) is 34.2. The minimum Gasteiger partial charge on any atom is -0.489 e. The smallest absolute Gasteiger partial charge is 0.343 e. The van der Waals surface area contributed by atoms with Gasteiger partial charge in [-0.2, -0.15) is 0 Å². The quantitative estimate of drug-likeness (QED) is 0.0361. The lowest BCUT2D eigenvalue weighted by Crippen LogP contribution is -2.14. The molecule has 0 aliphatic rings. The normalized spacial score (nSPS) is 10.8. The number of ketones is 1. The van der Waals surface area contributed by atoms with Crippen molar-refractivity contribution in [2.45, 2.75) is 19.8 Å². The second-order valence-corrected chi connectivity index (χ2v) is 12.3. The topological polar surface area (TPSA) is 71.1 Å². The van der Waals surface area contributed by atoms with Crippen LogP contribution >= 0.6 is 22.6 Å². The van der Waals surface area contributed by atoms with Crippen LogP contribution in [0.25, 0.3) is 6.08 Å². The van der Waals surface area contributed by atoms with Crippen LogP contribution in [0.15, 0.2) is 158 Å². The van der Waals surface area contributed by atoms with Gasteiger partial charge in [0.15, 0.2) is 11.5 Å². The monoisotopic (exact) mass is 772 g/mol. The number of esters is 1. The number of carbonyl (C=O) groups is 2. The molecule has 0 aromatic heterocycles. The molecule has 0 radical (unpaired) electrons. The number of carbonyl (C=O) groups excluding carboxylic acids is 2. The van der Waals surface area contributed by atoms with Gasteiger partial charge in [0, 0.05) is 6.07 Å². The molecule has 6 rings (SSSR count). The highest BCUT2D eigenvalue weighted by Crippen LogP contribution is 2.42. The van der Waals surface area contributed by atoms with E-state index in [1.807, 2.05) is 121 Å². The molecule has 0 heterocycles. The van der Waals surface area contributed by atoms with Crippen molar-refractivity contribution in [2.75, 3.05) is 0 Å². The Morgan fingerprint density at radius 3 is 1.62 bits per heavy atom. The molecule has 0 spiro atoms. The summed E-state index contributed by atoms with van der Waals surface area (Å²) in [6.45, 7) is 0.896. The minimum atomic E-state index is -0.612. The molecule has 0 aliphatic carbocycles. The minimum absolute atomic E-state index is 0.0321. The molecule has 0 aliphatic heterocycles. The predicted octanol–water partition coefficient (Wildman–Crippen LogP) is 10.1. The van der Waals surface area contributed by atoms with Gasteiger partial charge >= 0.3 is 5.97 Å². The lowest BCUT2D eigenvalue weighted by molar-refractivity contribution is 0.0732. The van der Waals surface area contributed by atoms with E-state index in [9.17, 15) is 9.59 Å². The molecule has 0 unspecified atom stereocenters. The molecular weight excluding hydrogens is 739 g/mol. The number of halogens is 1. The summed E-state index contributed by atoms with van der Waals surface area (Å²) in [5.41, 5.74) is 4.18. The number of hydrogen-bond acceptors (Lipinski definition) is 6. The average Bonchev–Trinajstić information content (AvgIpc) is 3.17. The van der Waals surface area contributed by atoms with Gasteiger partial charge in [0.05, 0.1) is 9.13 Å². The number of hydrogen-bond donors (Lipinski definition) is 0. The van der Waals surface area contributed by atoms with E-state index in [2.05, 4.69) is 22.6 Å². The Hall–Kier alpha value is -5.67. The van der Waals surface area contributed by atoms with Gasteiger partial charge in [0.2, 0.25) is 0 Å². The van der Waals surface area contributed by atoms with Crippen LogP contribution in [-0.2, 0) is 19.8 Å². The van der Waals surface area contributed by atoms with Crippen molar-refractivity contribution in [1.82, 2.24) is 0 Å². The predicted molar refractivity (Wildman–Crippen MR) is 203 cm³/mol. The van der Waals surface area contributed by atoms with Gasteiger partial charge in [-0.15, -0.1) is 0 Å². The molecule has 0 saturated heterocycles. The van der Waals surface area contributed by atoms with Crippen LogP contribution in [-0.4, -0.2) is 11.8 Å². The highest BCUT2D eigenvalue weighted by molar-refractivity contribution is 14.1. The molecule has 248 valence electrons. The molecule has 0 N–H and O–H groups in total. The van der Waals surface area contributed by atoms with Crippen molar-refractivity contribution in [1.29, 1.82) is 0 Å². The molecule has 0 bridgehead atoms. The molecular formula is C43H33IO6. The molecule has 7 heteroatoms. The van der Waals surface area contributed by atoms with Crippen LogP contribution in [0.5, 0.6) is 23.0 Å². The van der Waals surface area contributed by atoms with Crippen LogP contribution in [0.1, 0.15) is 43.0 Å². The fourth-order valence-corrected chi connectivity index (χ4v) is 5.75. The van der Waals surface area contributed by atoms with E-state index >= 15 is 0 Å². The van der Waals surface area contributed by atoms with E-state index in [-0.39, 0.29) is 30.3 Å². The Labute approximate surface area is 305 Å². The summed E-state index contributed by atoms with van der Waals surface area (Å²) in [6, 6.07) is 47.0. The van der Waals surface area contributed by atoms with E-state index in [0.29, 0.717) is 27.2 Å². The van der Waals surface area contributed by atoms with Crippen LogP contribution in [0, 0.1) is 3.57 Å². The van der Waals surface area contributed by atoms with Crippen molar-refractivity contribution in [3.63, 3.8) is 0 Å². The van der Waals surface area contributed by atoms with E-state index < -0.39 is 11.8 Å². The molecule has 0 amide bonds. The average molecular weight is 773 g/mol. The first-order chi connectivity index (χ1) is 24.5. The third kappa shape index (κ3) is 9.27. The summed E-state index contributed by atoms with van der Waals surface area (Å²) in [5, 5.41) is 0. The Bertz CT molecular complexity index is 2050. The third-order valence-corrected chi connectivity index (χ3v) is 8.65. The second-order valence-electron chi connectivity index (χ2n) is 11.2. The van der Waals surface area contributed by atoms with E-state index in [0.717, 1.165) is 22.3 Å². The maximum Gasteiger partial charge on any atom is 0.343 e. The Morgan fingerprint density at radius 1 is 0.560 bits per heavy atom. The molecule has 0 fully saturated rings. The highest BCUT2D eigenvalue weighted by Gasteiger charge is 2.26. The summed E-state index contributed by atoms with van der Waals surface area (Å²) >= 11 is 2.12. The SMILES string of the molecule is O=C(Oc1cc(OCc2ccccc2)c(I)c(OCc2ccccc2)c1C(=O)/C=C/c1ccc(OCc2ccccc2)cc1)c1ccccc1. The number of ether oxygens (including phenoxy) is 4. The number of rotatable bonds is 14. The summed E-state index contributed by atoms with van der Waals surface area (Å²) in [4.78, 5) is 27.5. The van der Waals surface area contributed by atoms with E-state index in [4.69, 9.17) is 18.9 Å². The maximum atomic E-state index is 14.1. The molecule has 6 aromatic rings. The van der Waals surface area contributed by atoms with Gasteiger partial charge in [-0.05, 0) is 75.2 Å². The summed E-state index contributed by atoms with van der Waals surface area (Å²) in [6.07, 6.45) is 3.16. The lowest BCUT2D eigenvalue weighted by Gasteiger charge is -2.19. The van der Waals surface area contributed by atoms with Crippen molar-refractivity contribution in [3.8, 4) is 23.0 Å². The van der Waals surface area contributed by atoms with Gasteiger partial charge in [-0.25, -0.2) is 4.79 Å². The summed E-state index contributed by atoms with van der Waals surface area (Å²) < 4.78 is 25.1. The summed E-state index contributed by atoms with van der Waals surface area (Å²) in [5.74, 6) is 0.407. The first-order valence-corrected chi connectivity index (χ1v) is 17.1. The molecule has 0 atom stereocenters. The van der Waals surface area contributed by atoms with Crippen molar-refractivity contribution >= 4 is 40.4 Å². The molecule has 6 nitrogen and oxygen atoms in total. The van der Waals surface area contributed by atoms with E-state index in [1.165, 1.54) is 6.08 Å². The van der Waals surface area contributed by atoms with Gasteiger partial charge in [-0.1, -0.05) is 127 Å². The van der Waals surface area contributed by atoms with Gasteiger partial charge in [-0.3, -0.25) is 4.79 Å². The zero-order chi connectivity index (χ0) is 34.5.